The number of carbonyl (C=O) groups is 2. The van der Waals surface area contributed by atoms with E-state index in [1.165, 1.54) is 4.90 Å². The number of hydrogen-bond donors (Lipinski definition) is 1. The van der Waals surface area contributed by atoms with Crippen molar-refractivity contribution >= 4 is 11.9 Å². The van der Waals surface area contributed by atoms with E-state index in [1.54, 1.807) is 0 Å². The van der Waals surface area contributed by atoms with Gasteiger partial charge in [-0.2, -0.15) is 4.98 Å². The highest BCUT2D eigenvalue weighted by Crippen LogP contribution is 2.39. The molecule has 1 saturated heterocycles. The number of carbonyl (C=O) groups excluding carboxylic acids is 2. The van der Waals surface area contributed by atoms with E-state index in [9.17, 15) is 9.59 Å². The first kappa shape index (κ1) is 13.7. The molecule has 7 heteroatoms. The summed E-state index contributed by atoms with van der Waals surface area (Å²) >= 11 is 0. The molecule has 118 valence electrons. The van der Waals surface area contributed by atoms with Crippen molar-refractivity contribution in [3.05, 3.63) is 11.7 Å². The topological polar surface area (TPSA) is 88.3 Å². The van der Waals surface area contributed by atoms with E-state index in [2.05, 4.69) is 15.5 Å². The monoisotopic (exact) mass is 304 g/mol. The second-order valence-corrected chi connectivity index (χ2v) is 6.76. The minimum Gasteiger partial charge on any atom is -0.337 e. The Bertz CT molecular complexity index is 624. The van der Waals surface area contributed by atoms with Crippen molar-refractivity contribution < 1.29 is 14.1 Å². The van der Waals surface area contributed by atoms with Gasteiger partial charge in [-0.1, -0.05) is 24.9 Å². The average molecular weight is 304 g/mol. The number of imide groups is 1. The predicted octanol–water partition coefficient (Wildman–Crippen LogP) is 1.95. The van der Waals surface area contributed by atoms with E-state index < -0.39 is 5.54 Å². The van der Waals surface area contributed by atoms with E-state index in [1.807, 2.05) is 6.92 Å². The summed E-state index contributed by atoms with van der Waals surface area (Å²) in [6.07, 6.45) is 5.93. The van der Waals surface area contributed by atoms with Crippen molar-refractivity contribution in [2.24, 2.45) is 5.92 Å². The van der Waals surface area contributed by atoms with Gasteiger partial charge >= 0.3 is 6.03 Å². The van der Waals surface area contributed by atoms with E-state index in [0.717, 1.165) is 32.1 Å². The van der Waals surface area contributed by atoms with E-state index in [4.69, 9.17) is 4.52 Å². The van der Waals surface area contributed by atoms with Gasteiger partial charge in [0.15, 0.2) is 5.82 Å². The first-order chi connectivity index (χ1) is 10.6. The molecule has 0 unspecified atom stereocenters. The molecule has 1 spiro atoms. The molecule has 2 aliphatic carbocycles. The maximum Gasteiger partial charge on any atom is 0.325 e. The lowest BCUT2D eigenvalue weighted by Gasteiger charge is -2.36. The van der Waals surface area contributed by atoms with Crippen molar-refractivity contribution in [1.29, 1.82) is 0 Å². The van der Waals surface area contributed by atoms with E-state index in [-0.39, 0.29) is 24.4 Å². The molecule has 2 saturated carbocycles. The lowest BCUT2D eigenvalue weighted by Crippen LogP contribution is -2.53. The van der Waals surface area contributed by atoms with Gasteiger partial charge in [0, 0.05) is 5.92 Å². The predicted molar refractivity (Wildman–Crippen MR) is 75.7 cm³/mol. The second-order valence-electron chi connectivity index (χ2n) is 6.76. The molecular formula is C15H20N4O3. The molecule has 2 heterocycles. The van der Waals surface area contributed by atoms with Crippen molar-refractivity contribution in [1.82, 2.24) is 20.4 Å². The van der Waals surface area contributed by atoms with Crippen LogP contribution in [0.1, 0.15) is 63.1 Å². The van der Waals surface area contributed by atoms with Crippen LogP contribution >= 0.6 is 0 Å². The van der Waals surface area contributed by atoms with Crippen LogP contribution < -0.4 is 5.32 Å². The molecule has 3 fully saturated rings. The Morgan fingerprint density at radius 1 is 1.32 bits per heavy atom. The van der Waals surface area contributed by atoms with Crippen molar-refractivity contribution in [2.45, 2.75) is 63.5 Å². The summed E-state index contributed by atoms with van der Waals surface area (Å²) in [5, 5.41) is 6.86. The lowest BCUT2D eigenvalue weighted by atomic mass is 9.73. The van der Waals surface area contributed by atoms with Crippen LogP contribution in [-0.4, -0.2) is 32.5 Å². The Kier molecular flexibility index (Phi) is 2.99. The molecule has 3 amide bonds. The first-order valence-corrected chi connectivity index (χ1v) is 8.07. The zero-order valence-electron chi connectivity index (χ0n) is 12.7. The average Bonchev–Trinajstić information content (AvgIpc) is 3.20. The number of rotatable bonds is 3. The summed E-state index contributed by atoms with van der Waals surface area (Å²) in [5.41, 5.74) is -0.728. The molecule has 1 aromatic rings. The third-order valence-electron chi connectivity index (χ3n) is 5.22. The van der Waals surface area contributed by atoms with Crippen molar-refractivity contribution in [3.8, 4) is 0 Å². The third kappa shape index (κ3) is 2.02. The van der Waals surface area contributed by atoms with Crippen molar-refractivity contribution in [3.63, 3.8) is 0 Å². The number of hydrogen-bond acceptors (Lipinski definition) is 5. The molecule has 22 heavy (non-hydrogen) atoms. The highest BCUT2D eigenvalue weighted by molar-refractivity contribution is 6.07. The van der Waals surface area contributed by atoms with E-state index in [0.29, 0.717) is 24.1 Å². The Morgan fingerprint density at radius 3 is 2.86 bits per heavy atom. The van der Waals surface area contributed by atoms with Crippen LogP contribution in [0.15, 0.2) is 4.52 Å². The van der Waals surface area contributed by atoms with Crippen LogP contribution in [0.25, 0.3) is 0 Å². The van der Waals surface area contributed by atoms with Crippen LogP contribution in [0.3, 0.4) is 0 Å². The fraction of sp³-hybridized carbons (Fsp3) is 0.733. The van der Waals surface area contributed by atoms with Gasteiger partial charge in [0.1, 0.15) is 12.1 Å². The van der Waals surface area contributed by atoms with Gasteiger partial charge in [-0.25, -0.2) is 4.79 Å². The standard InChI is InChI=1S/C15H20N4O3/c1-9-4-2-3-7-15(9)13(20)19(14(21)17-15)8-11-16-12(18-22-11)10-5-6-10/h9-10H,2-8H2,1H3,(H,17,21)/t9-,15+/m1/s1. The minimum atomic E-state index is -0.728. The van der Waals surface area contributed by atoms with Gasteiger partial charge in [0.2, 0.25) is 5.89 Å². The Hall–Kier alpha value is -1.92. The van der Waals surface area contributed by atoms with Gasteiger partial charge in [0.05, 0.1) is 0 Å². The summed E-state index contributed by atoms with van der Waals surface area (Å²) in [6.45, 7) is 2.11. The number of nitrogens with one attached hydrogen (secondary N) is 1. The van der Waals surface area contributed by atoms with Crippen molar-refractivity contribution in [2.75, 3.05) is 0 Å². The first-order valence-electron chi connectivity index (χ1n) is 8.07. The molecule has 1 N–H and O–H groups in total. The normalized spacial score (nSPS) is 31.9. The number of aromatic nitrogens is 2. The highest BCUT2D eigenvalue weighted by Gasteiger charge is 2.55. The highest BCUT2D eigenvalue weighted by atomic mass is 16.5. The Balaban J connectivity index is 1.53. The van der Waals surface area contributed by atoms with Gasteiger partial charge in [-0.05, 0) is 31.6 Å². The summed E-state index contributed by atoms with van der Waals surface area (Å²) < 4.78 is 5.19. The third-order valence-corrected chi connectivity index (χ3v) is 5.22. The van der Waals surface area contributed by atoms with Crippen LogP contribution in [-0.2, 0) is 11.3 Å². The Labute approximate surface area is 128 Å². The molecule has 4 rings (SSSR count). The fourth-order valence-electron chi connectivity index (χ4n) is 3.61. The molecule has 7 nitrogen and oxygen atoms in total. The van der Waals surface area contributed by atoms with Gasteiger partial charge in [0.25, 0.3) is 5.91 Å². The molecule has 1 aromatic heterocycles. The summed E-state index contributed by atoms with van der Waals surface area (Å²) in [5.74, 6) is 1.45. The molecule has 2 atom stereocenters. The summed E-state index contributed by atoms with van der Waals surface area (Å²) in [4.78, 5) is 30.6. The summed E-state index contributed by atoms with van der Waals surface area (Å²) in [6, 6.07) is -0.343. The molecule has 0 radical (unpaired) electrons. The summed E-state index contributed by atoms with van der Waals surface area (Å²) in [7, 11) is 0. The molecule has 1 aliphatic heterocycles. The lowest BCUT2D eigenvalue weighted by molar-refractivity contribution is -0.134. The number of amides is 3. The fourth-order valence-corrected chi connectivity index (χ4v) is 3.61. The van der Waals surface area contributed by atoms with Crippen LogP contribution in [0, 0.1) is 5.92 Å². The smallest absolute Gasteiger partial charge is 0.325 e. The number of urea groups is 1. The Morgan fingerprint density at radius 2 is 2.14 bits per heavy atom. The quantitative estimate of drug-likeness (QED) is 0.862. The molecular weight excluding hydrogens is 284 g/mol. The van der Waals surface area contributed by atoms with Crippen LogP contribution in [0.2, 0.25) is 0 Å². The second kappa shape index (κ2) is 4.79. The van der Waals surface area contributed by atoms with Gasteiger partial charge in [-0.15, -0.1) is 0 Å². The maximum absolute atomic E-state index is 12.8. The zero-order chi connectivity index (χ0) is 15.3. The minimum absolute atomic E-state index is 0.0683. The number of nitrogens with zero attached hydrogens (tertiary/aromatic N) is 3. The van der Waals surface area contributed by atoms with Gasteiger partial charge < -0.3 is 9.84 Å². The largest absolute Gasteiger partial charge is 0.337 e. The molecule has 0 bridgehead atoms. The maximum atomic E-state index is 12.8. The zero-order valence-corrected chi connectivity index (χ0v) is 12.7. The van der Waals surface area contributed by atoms with Crippen LogP contribution in [0.4, 0.5) is 4.79 Å². The van der Waals surface area contributed by atoms with Gasteiger partial charge in [-0.3, -0.25) is 9.69 Å². The SMILES string of the molecule is C[C@@H]1CCCC[C@]12NC(=O)N(Cc1nc(C3CC3)no1)C2=O. The van der Waals surface area contributed by atoms with E-state index >= 15 is 0 Å². The van der Waals surface area contributed by atoms with Crippen LogP contribution in [0.5, 0.6) is 0 Å². The molecule has 3 aliphatic rings. The molecule has 0 aromatic carbocycles.